The van der Waals surface area contributed by atoms with Gasteiger partial charge in [-0.2, -0.15) is 13.2 Å². The van der Waals surface area contributed by atoms with Gasteiger partial charge in [-0.25, -0.2) is 0 Å². The van der Waals surface area contributed by atoms with Gasteiger partial charge in [0.05, 0.1) is 45.2 Å². The molecule has 10 nitrogen and oxygen atoms in total. The summed E-state index contributed by atoms with van der Waals surface area (Å²) in [5.74, 6) is -2.68. The minimum atomic E-state index is -4.92. The minimum absolute atomic E-state index is 0.00429. The summed E-state index contributed by atoms with van der Waals surface area (Å²) in [7, 11) is 0. The summed E-state index contributed by atoms with van der Waals surface area (Å²) < 4.78 is 63.2. The predicted molar refractivity (Wildman–Crippen MR) is 108 cm³/mol. The maximum atomic E-state index is 12.0. The largest absolute Gasteiger partial charge is 0.471 e. The van der Waals surface area contributed by atoms with E-state index in [2.05, 4.69) is 5.32 Å². The molecular weight excluding hydrogens is 453 g/mol. The molecule has 192 valence electrons. The van der Waals surface area contributed by atoms with Crippen LogP contribution in [0.15, 0.2) is 0 Å². The van der Waals surface area contributed by atoms with E-state index in [1.807, 2.05) is 13.8 Å². The average Bonchev–Trinajstić information content (AvgIpc) is 2.71. The summed E-state index contributed by atoms with van der Waals surface area (Å²) in [5, 5.41) is 4.53. The molecule has 0 aromatic heterocycles. The molecule has 2 N–H and O–H groups in total. The molecule has 2 amide bonds. The number of nitrogens with one attached hydrogen (secondary N) is 2. The lowest BCUT2D eigenvalue weighted by Crippen LogP contribution is -2.58. The van der Waals surface area contributed by atoms with E-state index >= 15 is 0 Å². The van der Waals surface area contributed by atoms with Gasteiger partial charge in [0.2, 0.25) is 5.91 Å². The highest BCUT2D eigenvalue weighted by Crippen LogP contribution is 2.31. The molecule has 1 fully saturated rings. The van der Waals surface area contributed by atoms with E-state index < -0.39 is 36.5 Å². The van der Waals surface area contributed by atoms with Gasteiger partial charge in [-0.15, -0.1) is 0 Å². The lowest BCUT2D eigenvalue weighted by molar-refractivity contribution is -0.247. The molecule has 1 rings (SSSR count). The van der Waals surface area contributed by atoms with E-state index in [9.17, 15) is 27.6 Å². The second-order valence-electron chi connectivity index (χ2n) is 7.64. The normalized spacial score (nSPS) is 25.4. The number of alkyl halides is 3. The highest BCUT2D eigenvalue weighted by Gasteiger charge is 2.43. The summed E-state index contributed by atoms with van der Waals surface area (Å²) >= 11 is 0. The number of carbonyl (C=O) groups excluding carboxylic acids is 3. The number of halogens is 3. The van der Waals surface area contributed by atoms with Crippen LogP contribution < -0.4 is 10.6 Å². The zero-order valence-corrected chi connectivity index (χ0v) is 19.2. The van der Waals surface area contributed by atoms with Crippen molar-refractivity contribution >= 4 is 17.8 Å². The van der Waals surface area contributed by atoms with Gasteiger partial charge in [0.1, 0.15) is 6.61 Å². The van der Waals surface area contributed by atoms with Gasteiger partial charge in [0.15, 0.2) is 6.29 Å². The molecule has 13 heteroatoms. The molecule has 5 atom stereocenters. The number of hydrogen-bond acceptors (Lipinski definition) is 8. The molecule has 1 aliphatic heterocycles. The first-order valence-corrected chi connectivity index (χ1v) is 10.6. The van der Waals surface area contributed by atoms with E-state index in [0.717, 1.165) is 0 Å². The molecule has 0 aromatic rings. The minimum Gasteiger partial charge on any atom is -0.463 e. The maximum Gasteiger partial charge on any atom is 0.471 e. The smallest absolute Gasteiger partial charge is 0.463 e. The van der Waals surface area contributed by atoms with Crippen molar-refractivity contribution in [1.29, 1.82) is 0 Å². The van der Waals surface area contributed by atoms with Crippen molar-refractivity contribution in [3.05, 3.63) is 0 Å². The van der Waals surface area contributed by atoms with E-state index in [-0.39, 0.29) is 63.9 Å². The number of amides is 2. The fraction of sp³-hybridized carbons (Fsp3) is 0.850. The maximum absolute atomic E-state index is 12.0. The van der Waals surface area contributed by atoms with Crippen LogP contribution in [0.25, 0.3) is 0 Å². The zero-order valence-electron chi connectivity index (χ0n) is 19.2. The van der Waals surface area contributed by atoms with Crippen molar-refractivity contribution in [3.8, 4) is 0 Å². The van der Waals surface area contributed by atoms with Gasteiger partial charge in [-0.1, -0.05) is 13.8 Å². The third-order valence-electron chi connectivity index (χ3n) is 5.08. The third kappa shape index (κ3) is 11.1. The Balaban J connectivity index is 2.32. The molecule has 0 aliphatic carbocycles. The van der Waals surface area contributed by atoms with Crippen molar-refractivity contribution in [2.75, 3.05) is 46.2 Å². The summed E-state index contributed by atoms with van der Waals surface area (Å²) in [4.78, 5) is 33.4. The third-order valence-corrected chi connectivity index (χ3v) is 5.08. The first kappa shape index (κ1) is 29.1. The molecule has 0 saturated carbocycles. The Bertz CT molecular complexity index is 633. The number of hydrogen-bond donors (Lipinski definition) is 2. The van der Waals surface area contributed by atoms with Crippen molar-refractivity contribution in [2.24, 2.45) is 11.8 Å². The lowest BCUT2D eigenvalue weighted by atomic mass is 9.82. The summed E-state index contributed by atoms with van der Waals surface area (Å²) in [6.45, 7) is 6.94. The molecule has 1 saturated heterocycles. The first-order valence-electron chi connectivity index (χ1n) is 10.6. The van der Waals surface area contributed by atoms with Gasteiger partial charge in [0, 0.05) is 20.4 Å². The Kier molecular flexibility index (Phi) is 12.6. The fourth-order valence-electron chi connectivity index (χ4n) is 3.14. The van der Waals surface area contributed by atoms with Crippen LogP contribution >= 0.6 is 0 Å². The van der Waals surface area contributed by atoms with E-state index in [1.165, 1.54) is 13.8 Å². The molecule has 1 heterocycles. The van der Waals surface area contributed by atoms with Crippen LogP contribution in [0.5, 0.6) is 0 Å². The summed E-state index contributed by atoms with van der Waals surface area (Å²) in [5.41, 5.74) is 0. The zero-order chi connectivity index (χ0) is 25.0. The van der Waals surface area contributed by atoms with E-state index in [1.54, 1.807) is 5.32 Å². The number of carbonyl (C=O) groups is 3. The van der Waals surface area contributed by atoms with Crippen LogP contribution in [-0.2, 0) is 38.1 Å². The van der Waals surface area contributed by atoms with Gasteiger partial charge < -0.3 is 34.3 Å². The van der Waals surface area contributed by atoms with Crippen LogP contribution in [0.3, 0.4) is 0 Å². The molecule has 0 spiro atoms. The monoisotopic (exact) mass is 486 g/mol. The molecule has 1 aliphatic rings. The SMILES string of the molecule is CC(=O)NC1C(OCCOCCOCCNC(=O)C(F)(F)F)OC(COC(C)=O)C(C)C1C. The summed E-state index contributed by atoms with van der Waals surface area (Å²) in [6.07, 6.45) is -6.08. The highest BCUT2D eigenvalue weighted by atomic mass is 19.4. The highest BCUT2D eigenvalue weighted by molar-refractivity contribution is 5.81. The Morgan fingerprint density at radius 1 is 0.939 bits per heavy atom. The van der Waals surface area contributed by atoms with Crippen LogP contribution in [0.1, 0.15) is 27.7 Å². The first-order chi connectivity index (χ1) is 15.4. The molecule has 0 aromatic carbocycles. The van der Waals surface area contributed by atoms with Crippen molar-refractivity contribution < 1.29 is 51.2 Å². The van der Waals surface area contributed by atoms with Crippen molar-refractivity contribution in [1.82, 2.24) is 10.6 Å². The Labute approximate surface area is 190 Å². The van der Waals surface area contributed by atoms with Crippen LogP contribution in [0.2, 0.25) is 0 Å². The number of rotatable bonds is 13. The van der Waals surface area contributed by atoms with Gasteiger partial charge >= 0.3 is 18.1 Å². The second kappa shape index (κ2) is 14.3. The van der Waals surface area contributed by atoms with Crippen LogP contribution in [-0.4, -0.2) is 88.6 Å². The lowest BCUT2D eigenvalue weighted by Gasteiger charge is -2.44. The molecular formula is C20H33F3N2O8. The summed E-state index contributed by atoms with van der Waals surface area (Å²) in [6, 6.07) is -0.402. The Morgan fingerprint density at radius 2 is 1.55 bits per heavy atom. The Hall–Kier alpha value is -1.96. The fourth-order valence-corrected chi connectivity index (χ4v) is 3.14. The van der Waals surface area contributed by atoms with Crippen LogP contribution in [0.4, 0.5) is 13.2 Å². The number of esters is 1. The Morgan fingerprint density at radius 3 is 2.12 bits per heavy atom. The molecule has 5 unspecified atom stereocenters. The number of ether oxygens (including phenoxy) is 5. The standard InChI is InChI=1S/C20H33F3N2O8/c1-12-13(2)17(25-14(3)26)18(33-16(12)11-32-15(4)27)31-10-9-30-8-7-29-6-5-24-19(28)20(21,22)23/h12-13,16-18H,5-11H2,1-4H3,(H,24,28)(H,25,26). The topological polar surface area (TPSA) is 121 Å². The second-order valence-corrected chi connectivity index (χ2v) is 7.64. The van der Waals surface area contributed by atoms with Gasteiger partial charge in [-0.05, 0) is 11.8 Å². The van der Waals surface area contributed by atoms with E-state index in [4.69, 9.17) is 23.7 Å². The quantitative estimate of drug-likeness (QED) is 0.289. The molecule has 0 radical (unpaired) electrons. The van der Waals surface area contributed by atoms with Crippen molar-refractivity contribution in [2.45, 2.75) is 52.3 Å². The van der Waals surface area contributed by atoms with Gasteiger partial charge in [0.25, 0.3) is 0 Å². The van der Waals surface area contributed by atoms with Gasteiger partial charge in [-0.3, -0.25) is 14.4 Å². The van der Waals surface area contributed by atoms with Crippen molar-refractivity contribution in [3.63, 3.8) is 0 Å². The molecule has 0 bridgehead atoms. The average molecular weight is 486 g/mol. The molecule has 33 heavy (non-hydrogen) atoms. The predicted octanol–water partition coefficient (Wildman–Crippen LogP) is 0.780. The van der Waals surface area contributed by atoms with E-state index in [0.29, 0.717) is 0 Å². The van der Waals surface area contributed by atoms with Crippen LogP contribution in [0, 0.1) is 11.8 Å².